The highest BCUT2D eigenvalue weighted by atomic mass is 16.5. The van der Waals surface area contributed by atoms with Crippen molar-refractivity contribution in [3.63, 3.8) is 0 Å². The van der Waals surface area contributed by atoms with Crippen LogP contribution in [-0.4, -0.2) is 18.6 Å². The third-order valence-corrected chi connectivity index (χ3v) is 3.22. The van der Waals surface area contributed by atoms with Crippen LogP contribution in [0.25, 0.3) is 0 Å². The molecule has 0 aliphatic rings. The maximum atomic E-state index is 11.5. The normalized spacial score (nSPS) is 14.2. The number of quaternary nitrogens is 1. The van der Waals surface area contributed by atoms with E-state index in [1.807, 2.05) is 6.92 Å². The Hall–Kier alpha value is -0.610. The second-order valence-corrected chi connectivity index (χ2v) is 4.98. The summed E-state index contributed by atoms with van der Waals surface area (Å²) < 4.78 is 0. The molecule has 0 aromatic heterocycles. The van der Waals surface area contributed by atoms with Crippen LogP contribution in [0, 0.1) is 5.21 Å². The number of hydrogen-bond acceptors (Lipinski definition) is 2. The zero-order chi connectivity index (χ0) is 13.8. The van der Waals surface area contributed by atoms with Gasteiger partial charge in [-0.05, 0) is 13.3 Å². The number of carbonyl (C=O) groups excluding carboxylic acids is 1. The second kappa shape index (κ2) is 11.5. The van der Waals surface area contributed by atoms with Crippen molar-refractivity contribution in [2.75, 3.05) is 6.54 Å². The van der Waals surface area contributed by atoms with Crippen LogP contribution in [0.1, 0.15) is 72.1 Å². The lowest BCUT2D eigenvalue weighted by Crippen LogP contribution is -3.12. The number of amides is 1. The summed E-state index contributed by atoms with van der Waals surface area (Å²) in [7, 11) is 0. The predicted octanol–water partition coefficient (Wildman–Crippen LogP) is 1.99. The average molecular weight is 258 g/mol. The molecule has 0 bridgehead atoms. The zero-order valence-electron chi connectivity index (χ0n) is 12.3. The molecule has 0 spiro atoms. The van der Waals surface area contributed by atoms with Gasteiger partial charge in [-0.15, -0.1) is 0 Å². The summed E-state index contributed by atoms with van der Waals surface area (Å²) in [6.07, 6.45) is 8.67. The lowest BCUT2D eigenvalue weighted by molar-refractivity contribution is -0.873. The highest BCUT2D eigenvalue weighted by Crippen LogP contribution is 2.08. The van der Waals surface area contributed by atoms with E-state index in [1.165, 1.54) is 32.1 Å². The fourth-order valence-electron chi connectivity index (χ4n) is 1.94. The highest BCUT2D eigenvalue weighted by Gasteiger charge is 2.10. The molecule has 108 valence electrons. The molecule has 2 N–H and O–H groups in total. The van der Waals surface area contributed by atoms with Gasteiger partial charge in [0, 0.05) is 13.3 Å². The van der Waals surface area contributed by atoms with Crippen molar-refractivity contribution in [1.82, 2.24) is 5.32 Å². The van der Waals surface area contributed by atoms with Gasteiger partial charge < -0.3 is 15.6 Å². The molecule has 2 atom stereocenters. The molecule has 18 heavy (non-hydrogen) atoms. The molecule has 0 aromatic rings. The summed E-state index contributed by atoms with van der Waals surface area (Å²) in [6.45, 7) is 6.28. The van der Waals surface area contributed by atoms with Crippen LogP contribution in [0.5, 0.6) is 0 Å². The Morgan fingerprint density at radius 2 is 1.67 bits per heavy atom. The largest absolute Gasteiger partial charge is 0.633 e. The first kappa shape index (κ1) is 17.4. The summed E-state index contributed by atoms with van der Waals surface area (Å²) in [5.41, 5.74) is 0. The van der Waals surface area contributed by atoms with E-state index in [0.29, 0.717) is 13.0 Å². The first-order chi connectivity index (χ1) is 8.61. The lowest BCUT2D eigenvalue weighted by Gasteiger charge is -2.28. The lowest BCUT2D eigenvalue weighted by atomic mass is 10.1. The Labute approximate surface area is 112 Å². The summed E-state index contributed by atoms with van der Waals surface area (Å²) in [4.78, 5) is 11.5. The third kappa shape index (κ3) is 9.42. The van der Waals surface area contributed by atoms with Crippen molar-refractivity contribution in [3.8, 4) is 0 Å². The topological polar surface area (TPSA) is 56.6 Å². The van der Waals surface area contributed by atoms with Crippen LogP contribution in [-0.2, 0) is 4.79 Å². The molecule has 0 aliphatic heterocycles. The Morgan fingerprint density at radius 3 is 2.22 bits per heavy atom. The SMILES string of the molecule is CCCCCCCCCC(=O)NC(C)[NH+]([O-])CC. The molecule has 1 amide bonds. The van der Waals surface area contributed by atoms with Crippen molar-refractivity contribution in [1.29, 1.82) is 0 Å². The minimum atomic E-state index is -0.327. The summed E-state index contributed by atoms with van der Waals surface area (Å²) in [5, 5.41) is 14.2. The monoisotopic (exact) mass is 258 g/mol. The molecular weight excluding hydrogens is 228 g/mol. The average Bonchev–Trinajstić information content (AvgIpc) is 2.36. The number of rotatable bonds is 11. The smallest absolute Gasteiger partial charge is 0.224 e. The summed E-state index contributed by atoms with van der Waals surface area (Å²) in [6, 6.07) is 0. The molecule has 0 heterocycles. The number of hydrogen-bond donors (Lipinski definition) is 2. The molecule has 0 saturated carbocycles. The van der Waals surface area contributed by atoms with Crippen molar-refractivity contribution in [2.45, 2.75) is 78.3 Å². The number of carbonyl (C=O) groups is 1. The Bertz CT molecular complexity index is 210. The second-order valence-electron chi connectivity index (χ2n) is 4.98. The van der Waals surface area contributed by atoms with Crippen molar-refractivity contribution < 1.29 is 9.86 Å². The van der Waals surface area contributed by atoms with Gasteiger partial charge in [0.25, 0.3) is 0 Å². The quantitative estimate of drug-likeness (QED) is 0.338. The molecule has 0 radical (unpaired) electrons. The van der Waals surface area contributed by atoms with Gasteiger partial charge in [0.15, 0.2) is 6.17 Å². The molecule has 0 aliphatic carbocycles. The van der Waals surface area contributed by atoms with E-state index in [1.54, 1.807) is 6.92 Å². The summed E-state index contributed by atoms with van der Waals surface area (Å²) >= 11 is 0. The molecular formula is C14H30N2O2. The van der Waals surface area contributed by atoms with Crippen molar-refractivity contribution in [3.05, 3.63) is 5.21 Å². The molecule has 0 saturated heterocycles. The fourth-order valence-corrected chi connectivity index (χ4v) is 1.94. The van der Waals surface area contributed by atoms with Gasteiger partial charge in [-0.3, -0.25) is 4.79 Å². The zero-order valence-corrected chi connectivity index (χ0v) is 12.3. The van der Waals surface area contributed by atoms with Gasteiger partial charge in [-0.1, -0.05) is 45.4 Å². The first-order valence-electron chi connectivity index (χ1n) is 7.43. The number of unbranched alkanes of at least 4 members (excludes halogenated alkanes) is 6. The van der Waals surface area contributed by atoms with Crippen LogP contribution < -0.4 is 10.4 Å². The molecule has 0 rings (SSSR count). The highest BCUT2D eigenvalue weighted by molar-refractivity contribution is 5.75. The van der Waals surface area contributed by atoms with Gasteiger partial charge in [-0.2, -0.15) is 0 Å². The maximum absolute atomic E-state index is 11.5. The summed E-state index contributed by atoms with van der Waals surface area (Å²) in [5.74, 6) is 0.0119. The number of hydroxylamine groups is 2. The van der Waals surface area contributed by atoms with E-state index >= 15 is 0 Å². The predicted molar refractivity (Wildman–Crippen MR) is 75.1 cm³/mol. The van der Waals surface area contributed by atoms with Gasteiger partial charge in [-0.25, -0.2) is 0 Å². The van der Waals surface area contributed by atoms with E-state index < -0.39 is 0 Å². The molecule has 4 heteroatoms. The van der Waals surface area contributed by atoms with E-state index in [9.17, 15) is 10.0 Å². The van der Waals surface area contributed by atoms with E-state index in [4.69, 9.17) is 0 Å². The van der Waals surface area contributed by atoms with Crippen LogP contribution in [0.2, 0.25) is 0 Å². The minimum Gasteiger partial charge on any atom is -0.633 e. The van der Waals surface area contributed by atoms with Crippen molar-refractivity contribution in [2.24, 2.45) is 0 Å². The Balaban J connectivity index is 3.42. The van der Waals surface area contributed by atoms with Gasteiger partial charge in [0.1, 0.15) is 0 Å². The number of nitrogens with one attached hydrogen (secondary N) is 2. The van der Waals surface area contributed by atoms with Crippen LogP contribution in [0.15, 0.2) is 0 Å². The Morgan fingerprint density at radius 1 is 1.11 bits per heavy atom. The van der Waals surface area contributed by atoms with E-state index in [0.717, 1.165) is 12.8 Å². The van der Waals surface area contributed by atoms with E-state index in [2.05, 4.69) is 12.2 Å². The van der Waals surface area contributed by atoms with Crippen LogP contribution in [0.3, 0.4) is 0 Å². The van der Waals surface area contributed by atoms with Crippen LogP contribution in [0.4, 0.5) is 0 Å². The molecule has 4 nitrogen and oxygen atoms in total. The fraction of sp³-hybridized carbons (Fsp3) is 0.929. The van der Waals surface area contributed by atoms with Gasteiger partial charge in [0.05, 0.1) is 6.54 Å². The molecule has 0 fully saturated rings. The van der Waals surface area contributed by atoms with Gasteiger partial charge >= 0.3 is 0 Å². The molecule has 0 aromatic carbocycles. The maximum Gasteiger partial charge on any atom is 0.224 e. The van der Waals surface area contributed by atoms with Crippen LogP contribution >= 0.6 is 0 Å². The van der Waals surface area contributed by atoms with E-state index in [-0.39, 0.29) is 17.1 Å². The molecule has 2 unspecified atom stereocenters. The van der Waals surface area contributed by atoms with Gasteiger partial charge in [0.2, 0.25) is 5.91 Å². The standard InChI is InChI=1S/C14H30N2O2/c1-4-6-7-8-9-10-11-12-14(17)15-13(3)16(18)5-2/h13,16H,4-12H2,1-3H3,(H,15,17). The van der Waals surface area contributed by atoms with Crippen molar-refractivity contribution >= 4 is 5.91 Å². The Kier molecular flexibility index (Phi) is 11.1. The first-order valence-corrected chi connectivity index (χ1v) is 7.43. The third-order valence-electron chi connectivity index (χ3n) is 3.22. The minimum absolute atomic E-state index is 0.0119.